The number of fused-ring (bicyclic) bond motifs is 2. The molecule has 2 atom stereocenters. The SMILES string of the molecule is CC(C)[C@H]1NC(=O)[C@H]2CN(Cc3ccc4ncccc4c3)CCN2C1=O. The smallest absolute Gasteiger partial charge is 0.246 e. The van der Waals surface area contributed by atoms with Crippen LogP contribution in [-0.4, -0.2) is 58.3 Å². The number of piperazine rings is 2. The molecule has 2 aromatic rings. The number of nitrogens with zero attached hydrogens (tertiary/aromatic N) is 3. The van der Waals surface area contributed by atoms with Crippen molar-refractivity contribution in [3.05, 3.63) is 42.1 Å². The van der Waals surface area contributed by atoms with Crippen LogP contribution >= 0.6 is 0 Å². The Morgan fingerprint density at radius 2 is 2.08 bits per heavy atom. The summed E-state index contributed by atoms with van der Waals surface area (Å²) >= 11 is 0. The summed E-state index contributed by atoms with van der Waals surface area (Å²) in [4.78, 5) is 33.5. The van der Waals surface area contributed by atoms with Crippen LogP contribution in [-0.2, 0) is 16.1 Å². The highest BCUT2D eigenvalue weighted by molar-refractivity contribution is 5.97. The second kappa shape index (κ2) is 6.68. The van der Waals surface area contributed by atoms with Gasteiger partial charge in [0.1, 0.15) is 12.1 Å². The molecule has 2 fully saturated rings. The molecular formula is C20H24N4O2. The van der Waals surface area contributed by atoms with E-state index in [2.05, 4.69) is 33.4 Å². The largest absolute Gasteiger partial charge is 0.342 e. The van der Waals surface area contributed by atoms with Crippen LogP contribution in [0.4, 0.5) is 0 Å². The zero-order valence-electron chi connectivity index (χ0n) is 15.2. The summed E-state index contributed by atoms with van der Waals surface area (Å²) in [5.41, 5.74) is 2.18. The van der Waals surface area contributed by atoms with E-state index in [0.29, 0.717) is 13.1 Å². The highest BCUT2D eigenvalue weighted by atomic mass is 16.2. The standard InChI is InChI=1S/C20H24N4O2/c1-13(2)18-20(26)24-9-8-23(12-17(24)19(25)22-18)11-14-5-6-16-15(10-14)4-3-7-21-16/h3-7,10,13,17-18H,8-9,11-12H2,1-2H3,(H,22,25)/t17-,18-/m1/s1. The summed E-state index contributed by atoms with van der Waals surface area (Å²) in [6.45, 7) is 6.67. The normalized spacial score (nSPS) is 24.0. The Hall–Kier alpha value is -2.47. The maximum absolute atomic E-state index is 12.6. The molecule has 0 saturated carbocycles. The van der Waals surface area contributed by atoms with Crippen molar-refractivity contribution >= 4 is 22.7 Å². The zero-order chi connectivity index (χ0) is 18.3. The Labute approximate surface area is 153 Å². The van der Waals surface area contributed by atoms with Crippen molar-refractivity contribution in [2.75, 3.05) is 19.6 Å². The third-order valence-electron chi connectivity index (χ3n) is 5.35. The molecule has 1 aromatic heterocycles. The number of pyridine rings is 1. The minimum atomic E-state index is -0.390. The fraction of sp³-hybridized carbons (Fsp3) is 0.450. The first-order valence-corrected chi connectivity index (χ1v) is 9.20. The van der Waals surface area contributed by atoms with Crippen molar-refractivity contribution in [3.63, 3.8) is 0 Å². The maximum Gasteiger partial charge on any atom is 0.246 e. The van der Waals surface area contributed by atoms with E-state index in [9.17, 15) is 9.59 Å². The van der Waals surface area contributed by atoms with E-state index in [4.69, 9.17) is 0 Å². The van der Waals surface area contributed by atoms with Gasteiger partial charge in [0.05, 0.1) is 5.52 Å². The predicted molar refractivity (Wildman–Crippen MR) is 99.3 cm³/mol. The molecule has 136 valence electrons. The Kier molecular flexibility index (Phi) is 4.36. The van der Waals surface area contributed by atoms with Crippen molar-refractivity contribution in [2.45, 2.75) is 32.5 Å². The molecule has 2 aliphatic heterocycles. The fourth-order valence-corrected chi connectivity index (χ4v) is 3.89. The number of amides is 2. The molecule has 6 heteroatoms. The lowest BCUT2D eigenvalue weighted by molar-refractivity contribution is -0.154. The van der Waals surface area contributed by atoms with Gasteiger partial charge in [-0.2, -0.15) is 0 Å². The van der Waals surface area contributed by atoms with Crippen LogP contribution in [0.5, 0.6) is 0 Å². The first-order valence-electron chi connectivity index (χ1n) is 9.20. The van der Waals surface area contributed by atoms with E-state index >= 15 is 0 Å². The van der Waals surface area contributed by atoms with Gasteiger partial charge in [-0.3, -0.25) is 19.5 Å². The van der Waals surface area contributed by atoms with E-state index in [1.165, 1.54) is 5.56 Å². The minimum absolute atomic E-state index is 0.0317. The summed E-state index contributed by atoms with van der Waals surface area (Å²) in [5, 5.41) is 4.03. The lowest BCUT2D eigenvalue weighted by Crippen LogP contribution is -2.70. The molecule has 0 unspecified atom stereocenters. The van der Waals surface area contributed by atoms with Crippen molar-refractivity contribution in [2.24, 2.45) is 5.92 Å². The van der Waals surface area contributed by atoms with Gasteiger partial charge < -0.3 is 10.2 Å². The Balaban J connectivity index is 1.47. The van der Waals surface area contributed by atoms with E-state index in [1.807, 2.05) is 26.0 Å². The van der Waals surface area contributed by atoms with Gasteiger partial charge in [0.2, 0.25) is 11.8 Å². The highest BCUT2D eigenvalue weighted by Gasteiger charge is 2.44. The summed E-state index contributed by atoms with van der Waals surface area (Å²) in [7, 11) is 0. The first-order chi connectivity index (χ1) is 12.5. The molecule has 3 heterocycles. The predicted octanol–water partition coefficient (Wildman–Crippen LogP) is 1.40. The number of hydrogen-bond acceptors (Lipinski definition) is 4. The van der Waals surface area contributed by atoms with Gasteiger partial charge in [0, 0.05) is 37.8 Å². The lowest BCUT2D eigenvalue weighted by Gasteiger charge is -2.46. The van der Waals surface area contributed by atoms with Crippen LogP contribution in [0.25, 0.3) is 10.9 Å². The van der Waals surface area contributed by atoms with E-state index in [1.54, 1.807) is 11.1 Å². The zero-order valence-corrected chi connectivity index (χ0v) is 15.2. The Morgan fingerprint density at radius 3 is 2.88 bits per heavy atom. The van der Waals surface area contributed by atoms with Crippen molar-refractivity contribution in [1.29, 1.82) is 0 Å². The van der Waals surface area contributed by atoms with Crippen molar-refractivity contribution in [1.82, 2.24) is 20.1 Å². The molecule has 26 heavy (non-hydrogen) atoms. The number of benzene rings is 1. The van der Waals surface area contributed by atoms with Gasteiger partial charge in [-0.15, -0.1) is 0 Å². The van der Waals surface area contributed by atoms with Gasteiger partial charge in [-0.25, -0.2) is 0 Å². The van der Waals surface area contributed by atoms with Crippen LogP contribution in [0.3, 0.4) is 0 Å². The number of carbonyl (C=O) groups excluding carboxylic acids is 2. The molecule has 6 nitrogen and oxygen atoms in total. The quantitative estimate of drug-likeness (QED) is 0.907. The van der Waals surface area contributed by atoms with Gasteiger partial charge in [0.25, 0.3) is 0 Å². The summed E-state index contributed by atoms with van der Waals surface area (Å²) in [6.07, 6.45) is 1.80. The Morgan fingerprint density at radius 1 is 1.23 bits per heavy atom. The number of carbonyl (C=O) groups is 2. The molecule has 0 aliphatic carbocycles. The third kappa shape index (κ3) is 3.05. The van der Waals surface area contributed by atoms with Crippen LogP contribution in [0.1, 0.15) is 19.4 Å². The monoisotopic (exact) mass is 352 g/mol. The summed E-state index contributed by atoms with van der Waals surface area (Å²) < 4.78 is 0. The fourth-order valence-electron chi connectivity index (χ4n) is 3.89. The van der Waals surface area contributed by atoms with E-state index < -0.39 is 6.04 Å². The highest BCUT2D eigenvalue weighted by Crippen LogP contribution is 2.21. The first kappa shape index (κ1) is 17.0. The van der Waals surface area contributed by atoms with Crippen molar-refractivity contribution in [3.8, 4) is 0 Å². The minimum Gasteiger partial charge on any atom is -0.342 e. The van der Waals surface area contributed by atoms with Gasteiger partial charge in [-0.1, -0.05) is 26.0 Å². The van der Waals surface area contributed by atoms with Crippen LogP contribution in [0.15, 0.2) is 36.5 Å². The maximum atomic E-state index is 12.6. The van der Waals surface area contributed by atoms with Gasteiger partial charge in [0.15, 0.2) is 0 Å². The number of hydrogen-bond donors (Lipinski definition) is 1. The van der Waals surface area contributed by atoms with E-state index in [-0.39, 0.29) is 23.8 Å². The molecule has 2 saturated heterocycles. The summed E-state index contributed by atoms with van der Waals surface area (Å²) in [5.74, 6) is 0.133. The molecule has 1 aromatic carbocycles. The van der Waals surface area contributed by atoms with Gasteiger partial charge in [-0.05, 0) is 29.7 Å². The molecule has 0 radical (unpaired) electrons. The molecule has 0 spiro atoms. The van der Waals surface area contributed by atoms with Gasteiger partial charge >= 0.3 is 0 Å². The van der Waals surface area contributed by atoms with Crippen LogP contribution in [0.2, 0.25) is 0 Å². The molecule has 0 bridgehead atoms. The second-order valence-corrected chi connectivity index (χ2v) is 7.54. The van der Waals surface area contributed by atoms with Crippen LogP contribution < -0.4 is 5.32 Å². The number of rotatable bonds is 3. The molecule has 4 rings (SSSR count). The third-order valence-corrected chi connectivity index (χ3v) is 5.35. The molecular weight excluding hydrogens is 328 g/mol. The van der Waals surface area contributed by atoms with E-state index in [0.717, 1.165) is 24.0 Å². The second-order valence-electron chi connectivity index (χ2n) is 7.54. The molecule has 2 aliphatic rings. The molecule has 1 N–H and O–H groups in total. The average molecular weight is 352 g/mol. The van der Waals surface area contributed by atoms with Crippen molar-refractivity contribution < 1.29 is 9.59 Å². The summed E-state index contributed by atoms with van der Waals surface area (Å²) in [6, 6.07) is 9.49. The Bertz CT molecular complexity index is 851. The molecule has 2 amide bonds. The topological polar surface area (TPSA) is 65.5 Å². The average Bonchev–Trinajstić information content (AvgIpc) is 2.64. The number of aromatic nitrogens is 1. The lowest BCUT2D eigenvalue weighted by atomic mass is 9.96. The number of nitrogens with one attached hydrogen (secondary N) is 1. The van der Waals surface area contributed by atoms with Crippen LogP contribution in [0, 0.1) is 5.92 Å².